The summed E-state index contributed by atoms with van der Waals surface area (Å²) >= 11 is 0. The van der Waals surface area contributed by atoms with E-state index in [0.717, 1.165) is 43.1 Å². The number of ether oxygens (including phenoxy) is 1. The average Bonchev–Trinajstić information content (AvgIpc) is 2.87. The minimum atomic E-state index is -0.105. The lowest BCUT2D eigenvalue weighted by Crippen LogP contribution is -2.61. The highest BCUT2D eigenvalue weighted by Gasteiger charge is 2.41. The molecule has 32 heavy (non-hydrogen) atoms. The van der Waals surface area contributed by atoms with Crippen LogP contribution in [0.3, 0.4) is 0 Å². The molecule has 2 atom stereocenters. The molecule has 0 radical (unpaired) electrons. The zero-order valence-corrected chi connectivity index (χ0v) is 18.4. The molecular formula is C27H29N3O2. The first-order chi connectivity index (χ1) is 15.7. The van der Waals surface area contributed by atoms with Crippen LogP contribution in [0.15, 0.2) is 78.9 Å². The van der Waals surface area contributed by atoms with Crippen LogP contribution in [0.5, 0.6) is 5.75 Å². The van der Waals surface area contributed by atoms with Gasteiger partial charge < -0.3 is 19.9 Å². The number of para-hydroxylation sites is 3. The molecule has 5 heteroatoms. The third-order valence-electron chi connectivity index (χ3n) is 6.70. The highest BCUT2D eigenvalue weighted by molar-refractivity contribution is 5.82. The van der Waals surface area contributed by atoms with E-state index in [9.17, 15) is 4.79 Å². The second-order valence-corrected chi connectivity index (χ2v) is 8.52. The second-order valence-electron chi connectivity index (χ2n) is 8.52. The maximum Gasteiger partial charge on any atom is 0.225 e. The molecule has 2 unspecified atom stereocenters. The third-order valence-corrected chi connectivity index (χ3v) is 6.70. The predicted molar refractivity (Wildman–Crippen MR) is 128 cm³/mol. The number of carbonyl (C=O) groups excluding carboxylic acids is 1. The van der Waals surface area contributed by atoms with Crippen molar-refractivity contribution < 1.29 is 9.53 Å². The van der Waals surface area contributed by atoms with Crippen LogP contribution in [0.1, 0.15) is 11.1 Å². The van der Waals surface area contributed by atoms with Gasteiger partial charge in [-0.1, -0.05) is 60.7 Å². The van der Waals surface area contributed by atoms with Gasteiger partial charge in [-0.05, 0) is 35.7 Å². The molecule has 2 aliphatic rings. The van der Waals surface area contributed by atoms with Gasteiger partial charge in [-0.25, -0.2) is 0 Å². The van der Waals surface area contributed by atoms with Gasteiger partial charge in [0, 0.05) is 31.9 Å². The van der Waals surface area contributed by atoms with Crippen molar-refractivity contribution in [2.24, 2.45) is 5.92 Å². The Morgan fingerprint density at radius 2 is 1.66 bits per heavy atom. The van der Waals surface area contributed by atoms with E-state index < -0.39 is 0 Å². The minimum Gasteiger partial charge on any atom is -0.495 e. The van der Waals surface area contributed by atoms with Gasteiger partial charge >= 0.3 is 0 Å². The van der Waals surface area contributed by atoms with Crippen LogP contribution in [0, 0.1) is 5.92 Å². The summed E-state index contributed by atoms with van der Waals surface area (Å²) in [6.07, 6.45) is 0.762. The molecule has 5 rings (SSSR count). The predicted octanol–water partition coefficient (Wildman–Crippen LogP) is 3.88. The van der Waals surface area contributed by atoms with Crippen LogP contribution >= 0.6 is 0 Å². The molecule has 1 amide bonds. The molecule has 3 aromatic rings. The Balaban J connectivity index is 1.41. The monoisotopic (exact) mass is 427 g/mol. The number of carbonyl (C=O) groups is 1. The molecular weight excluding hydrogens is 398 g/mol. The summed E-state index contributed by atoms with van der Waals surface area (Å²) in [4.78, 5) is 18.2. The van der Waals surface area contributed by atoms with Crippen molar-refractivity contribution >= 4 is 17.3 Å². The van der Waals surface area contributed by atoms with E-state index in [1.165, 1.54) is 11.3 Å². The van der Waals surface area contributed by atoms with Crippen molar-refractivity contribution in [1.29, 1.82) is 0 Å². The first kappa shape index (κ1) is 20.4. The fourth-order valence-corrected chi connectivity index (χ4v) is 5.08. The summed E-state index contributed by atoms with van der Waals surface area (Å²) in [5.74, 6) is 0.897. The highest BCUT2D eigenvalue weighted by atomic mass is 16.5. The third kappa shape index (κ3) is 3.91. The largest absolute Gasteiger partial charge is 0.495 e. The summed E-state index contributed by atoms with van der Waals surface area (Å²) in [6.45, 7) is 3.12. The zero-order chi connectivity index (χ0) is 21.9. The van der Waals surface area contributed by atoms with Gasteiger partial charge in [0.05, 0.1) is 24.8 Å². The van der Waals surface area contributed by atoms with Gasteiger partial charge in [0.2, 0.25) is 5.91 Å². The number of nitrogens with one attached hydrogen (secondary N) is 1. The Hall–Kier alpha value is -3.47. The lowest BCUT2D eigenvalue weighted by Gasteiger charge is -2.49. The average molecular weight is 428 g/mol. The molecule has 5 nitrogen and oxygen atoms in total. The van der Waals surface area contributed by atoms with Gasteiger partial charge in [0.15, 0.2) is 0 Å². The van der Waals surface area contributed by atoms with E-state index in [-0.39, 0.29) is 17.9 Å². The van der Waals surface area contributed by atoms with Crippen molar-refractivity contribution in [3.8, 4) is 5.75 Å². The molecule has 0 aliphatic carbocycles. The lowest BCUT2D eigenvalue weighted by molar-refractivity contribution is -0.126. The maximum absolute atomic E-state index is 13.4. The van der Waals surface area contributed by atoms with E-state index >= 15 is 0 Å². The van der Waals surface area contributed by atoms with Crippen LogP contribution in [-0.2, 0) is 17.8 Å². The molecule has 3 aromatic carbocycles. The van der Waals surface area contributed by atoms with E-state index in [1.807, 2.05) is 48.5 Å². The van der Waals surface area contributed by atoms with E-state index in [1.54, 1.807) is 7.11 Å². The summed E-state index contributed by atoms with van der Waals surface area (Å²) in [7, 11) is 1.71. The van der Waals surface area contributed by atoms with Gasteiger partial charge in [-0.2, -0.15) is 0 Å². The van der Waals surface area contributed by atoms with Crippen molar-refractivity contribution in [2.45, 2.75) is 19.0 Å². The number of hydrogen-bond donors (Lipinski definition) is 1. The van der Waals surface area contributed by atoms with Crippen LogP contribution in [-0.4, -0.2) is 38.7 Å². The number of hydrogen-bond acceptors (Lipinski definition) is 4. The summed E-state index contributed by atoms with van der Waals surface area (Å²) in [6, 6.07) is 26.9. The summed E-state index contributed by atoms with van der Waals surface area (Å²) in [5.41, 5.74) is 4.74. The smallest absolute Gasteiger partial charge is 0.225 e. The molecule has 2 aliphatic heterocycles. The van der Waals surface area contributed by atoms with Gasteiger partial charge in [0.1, 0.15) is 5.75 Å². The number of piperazine rings is 1. The number of anilines is 2. The molecule has 0 aromatic heterocycles. The van der Waals surface area contributed by atoms with Crippen molar-refractivity contribution in [3.63, 3.8) is 0 Å². The number of methoxy groups -OCH3 is 1. The number of fused-ring (bicyclic) bond motifs is 3. The first-order valence-electron chi connectivity index (χ1n) is 11.3. The maximum atomic E-state index is 13.4. The lowest BCUT2D eigenvalue weighted by atomic mass is 9.83. The molecule has 1 fully saturated rings. The summed E-state index contributed by atoms with van der Waals surface area (Å²) in [5, 5.41) is 3.20. The van der Waals surface area contributed by atoms with Crippen molar-refractivity contribution in [1.82, 2.24) is 5.32 Å². The number of nitrogens with zero attached hydrogens (tertiary/aromatic N) is 2. The normalized spacial score (nSPS) is 19.7. The minimum absolute atomic E-state index is 0.105. The molecule has 164 valence electrons. The summed E-state index contributed by atoms with van der Waals surface area (Å²) < 4.78 is 5.62. The molecule has 2 heterocycles. The van der Waals surface area contributed by atoms with Gasteiger partial charge in [-0.3, -0.25) is 4.79 Å². The van der Waals surface area contributed by atoms with Gasteiger partial charge in [0.25, 0.3) is 0 Å². The molecule has 0 bridgehead atoms. The van der Waals surface area contributed by atoms with E-state index in [2.05, 4.69) is 45.4 Å². The standard InChI is InChI=1S/C27H29N3O2/c1-32-26-14-8-7-13-24(26)29-15-16-30-23-12-6-5-11-21(23)17-22(25(30)19-29)27(31)28-18-20-9-3-2-4-10-20/h2-14,22,25H,15-19H2,1H3,(H,28,31). The van der Waals surface area contributed by atoms with E-state index in [4.69, 9.17) is 4.74 Å². The van der Waals surface area contributed by atoms with Crippen LogP contribution in [0.4, 0.5) is 11.4 Å². The Morgan fingerprint density at radius 3 is 2.47 bits per heavy atom. The number of amides is 1. The number of benzene rings is 3. The Kier molecular flexibility index (Phi) is 5.71. The molecule has 0 saturated carbocycles. The van der Waals surface area contributed by atoms with Crippen LogP contribution in [0.25, 0.3) is 0 Å². The van der Waals surface area contributed by atoms with Crippen LogP contribution in [0.2, 0.25) is 0 Å². The van der Waals surface area contributed by atoms with Crippen molar-refractivity contribution in [3.05, 3.63) is 90.0 Å². The topological polar surface area (TPSA) is 44.8 Å². The van der Waals surface area contributed by atoms with Crippen molar-refractivity contribution in [2.75, 3.05) is 36.5 Å². The van der Waals surface area contributed by atoms with E-state index in [0.29, 0.717) is 6.54 Å². The zero-order valence-electron chi connectivity index (χ0n) is 18.4. The number of rotatable bonds is 5. The molecule has 0 spiro atoms. The first-order valence-corrected chi connectivity index (χ1v) is 11.3. The Bertz CT molecular complexity index is 1090. The van der Waals surface area contributed by atoms with Gasteiger partial charge in [-0.15, -0.1) is 0 Å². The fourth-order valence-electron chi connectivity index (χ4n) is 5.08. The molecule has 1 saturated heterocycles. The Morgan fingerprint density at radius 1 is 0.938 bits per heavy atom. The van der Waals surface area contributed by atoms with Crippen LogP contribution < -0.4 is 19.9 Å². The highest BCUT2D eigenvalue weighted by Crippen LogP contribution is 2.38. The molecule has 1 N–H and O–H groups in total. The Labute approximate surface area is 189 Å². The fraction of sp³-hybridized carbons (Fsp3) is 0.296. The second kappa shape index (κ2) is 8.95. The quantitative estimate of drug-likeness (QED) is 0.671. The SMILES string of the molecule is COc1ccccc1N1CCN2c3ccccc3CC(C(=O)NCc3ccccc3)C2C1.